The molecule has 1 aliphatic carbocycles. The largest absolute Gasteiger partial charge is 0.489 e. The molecule has 1 aromatic heterocycles. The summed E-state index contributed by atoms with van der Waals surface area (Å²) in [5.74, 6) is 0.712. The van der Waals surface area contributed by atoms with Gasteiger partial charge in [0, 0.05) is 36.0 Å². The first-order chi connectivity index (χ1) is 13.1. The van der Waals surface area contributed by atoms with Crippen LogP contribution in [0, 0.1) is 22.2 Å². The van der Waals surface area contributed by atoms with E-state index in [1.165, 1.54) is 5.56 Å². The Bertz CT molecular complexity index is 966. The SMILES string of the molecule is CC1(C)[C@H](Oc2ccc(C#N)c(Cl)c2)C(C)(C)[C@H]1N1Cc2ccc(Br)nc2C1. The number of nitrogens with zero attached hydrogens (tertiary/aromatic N) is 3. The number of aromatic nitrogens is 1. The Morgan fingerprint density at radius 3 is 2.54 bits per heavy atom. The van der Waals surface area contributed by atoms with E-state index in [1.807, 2.05) is 12.1 Å². The van der Waals surface area contributed by atoms with Gasteiger partial charge in [-0.05, 0) is 39.7 Å². The molecule has 0 spiro atoms. The molecule has 0 radical (unpaired) electrons. The fourth-order valence-corrected chi connectivity index (χ4v) is 6.14. The van der Waals surface area contributed by atoms with Crippen molar-refractivity contribution in [3.63, 3.8) is 0 Å². The lowest BCUT2D eigenvalue weighted by molar-refractivity contribution is -0.211. The second-order valence-electron chi connectivity index (χ2n) is 8.94. The van der Waals surface area contributed by atoms with E-state index in [2.05, 4.69) is 65.6 Å². The van der Waals surface area contributed by atoms with Gasteiger partial charge in [-0.3, -0.25) is 4.90 Å². The second-order valence-corrected chi connectivity index (χ2v) is 10.2. The van der Waals surface area contributed by atoms with Gasteiger partial charge in [0.05, 0.1) is 16.3 Å². The molecule has 0 N–H and O–H groups in total. The molecule has 4 nitrogen and oxygen atoms in total. The molecular formula is C22H23BrClN3O. The van der Waals surface area contributed by atoms with Crippen LogP contribution >= 0.6 is 27.5 Å². The van der Waals surface area contributed by atoms with Crippen LogP contribution in [-0.4, -0.2) is 22.0 Å². The smallest absolute Gasteiger partial charge is 0.121 e. The Morgan fingerprint density at radius 1 is 1.18 bits per heavy atom. The molecular weight excluding hydrogens is 438 g/mol. The zero-order valence-electron chi connectivity index (χ0n) is 16.5. The summed E-state index contributed by atoms with van der Waals surface area (Å²) >= 11 is 9.67. The molecule has 2 heterocycles. The van der Waals surface area contributed by atoms with Crippen LogP contribution in [0.3, 0.4) is 0 Å². The average molecular weight is 461 g/mol. The van der Waals surface area contributed by atoms with Gasteiger partial charge in [0.15, 0.2) is 0 Å². The summed E-state index contributed by atoms with van der Waals surface area (Å²) < 4.78 is 7.29. The van der Waals surface area contributed by atoms with Crippen molar-refractivity contribution in [1.82, 2.24) is 9.88 Å². The van der Waals surface area contributed by atoms with Crippen molar-refractivity contribution in [2.24, 2.45) is 10.8 Å². The van der Waals surface area contributed by atoms with Crippen LogP contribution in [0.15, 0.2) is 34.9 Å². The van der Waals surface area contributed by atoms with Crippen LogP contribution in [0.1, 0.15) is 44.5 Å². The Labute approximate surface area is 179 Å². The first kappa shape index (κ1) is 19.7. The molecule has 0 unspecified atom stereocenters. The maximum Gasteiger partial charge on any atom is 0.121 e. The minimum Gasteiger partial charge on any atom is -0.489 e. The molecule has 1 aliphatic heterocycles. The van der Waals surface area contributed by atoms with E-state index >= 15 is 0 Å². The van der Waals surface area contributed by atoms with Crippen molar-refractivity contribution in [3.05, 3.63) is 56.8 Å². The quantitative estimate of drug-likeness (QED) is 0.562. The number of pyridine rings is 1. The van der Waals surface area contributed by atoms with E-state index in [-0.39, 0.29) is 16.9 Å². The molecule has 146 valence electrons. The Hall–Kier alpha value is -1.61. The average Bonchev–Trinajstić information content (AvgIpc) is 3.00. The highest BCUT2D eigenvalue weighted by molar-refractivity contribution is 9.10. The third kappa shape index (κ3) is 3.03. The number of hydrogen-bond donors (Lipinski definition) is 0. The zero-order chi connectivity index (χ0) is 20.3. The molecule has 2 aromatic rings. The zero-order valence-corrected chi connectivity index (χ0v) is 18.8. The Morgan fingerprint density at radius 2 is 1.89 bits per heavy atom. The number of hydrogen-bond acceptors (Lipinski definition) is 4. The minimum atomic E-state index is -0.0385. The molecule has 0 amide bonds. The van der Waals surface area contributed by atoms with E-state index in [4.69, 9.17) is 21.6 Å². The van der Waals surface area contributed by atoms with Crippen LogP contribution < -0.4 is 4.74 Å². The van der Waals surface area contributed by atoms with Gasteiger partial charge in [0.2, 0.25) is 0 Å². The van der Waals surface area contributed by atoms with Crippen molar-refractivity contribution >= 4 is 27.5 Å². The summed E-state index contributed by atoms with van der Waals surface area (Å²) in [6.45, 7) is 10.9. The molecule has 0 saturated heterocycles. The minimum absolute atomic E-state index is 0.0385. The summed E-state index contributed by atoms with van der Waals surface area (Å²) in [4.78, 5) is 7.18. The normalized spacial score (nSPS) is 24.9. The third-order valence-corrected chi connectivity index (χ3v) is 6.96. The van der Waals surface area contributed by atoms with Crippen LogP contribution in [0.5, 0.6) is 5.75 Å². The summed E-state index contributed by atoms with van der Waals surface area (Å²) in [7, 11) is 0. The van der Waals surface area contributed by atoms with Crippen LogP contribution in [0.2, 0.25) is 5.02 Å². The monoisotopic (exact) mass is 459 g/mol. The first-order valence-corrected chi connectivity index (χ1v) is 10.6. The number of rotatable bonds is 3. The predicted molar refractivity (Wildman–Crippen MR) is 113 cm³/mol. The van der Waals surface area contributed by atoms with E-state index in [1.54, 1.807) is 12.1 Å². The van der Waals surface area contributed by atoms with Crippen LogP contribution in [0.25, 0.3) is 0 Å². The summed E-state index contributed by atoms with van der Waals surface area (Å²) in [5.41, 5.74) is 2.85. The molecule has 1 fully saturated rings. The molecule has 0 atom stereocenters. The highest BCUT2D eigenvalue weighted by Crippen LogP contribution is 2.59. The maximum absolute atomic E-state index is 9.07. The summed E-state index contributed by atoms with van der Waals surface area (Å²) in [5, 5.41) is 9.50. The van der Waals surface area contributed by atoms with Gasteiger partial charge in [-0.2, -0.15) is 5.26 Å². The molecule has 28 heavy (non-hydrogen) atoms. The van der Waals surface area contributed by atoms with Crippen molar-refractivity contribution in [2.75, 3.05) is 0 Å². The standard InChI is InChI=1S/C22H23BrClN3O/c1-21(2)19(27-11-14-6-8-18(23)26-17(14)12-27)22(3,4)20(21)28-15-7-5-13(10-25)16(24)9-15/h5-9,19-20H,11-12H2,1-4H3/t19-,20-. The van der Waals surface area contributed by atoms with Crippen LogP contribution in [0.4, 0.5) is 0 Å². The number of benzene rings is 1. The molecule has 4 rings (SSSR count). The van der Waals surface area contributed by atoms with Gasteiger partial charge in [0.25, 0.3) is 0 Å². The highest BCUT2D eigenvalue weighted by Gasteiger charge is 2.65. The summed E-state index contributed by atoms with van der Waals surface area (Å²) in [6.07, 6.45) is 0.0393. The first-order valence-electron chi connectivity index (χ1n) is 9.39. The van der Waals surface area contributed by atoms with Gasteiger partial charge < -0.3 is 4.74 Å². The third-order valence-electron chi connectivity index (χ3n) is 6.20. The lowest BCUT2D eigenvalue weighted by Crippen LogP contribution is -2.74. The number of halogens is 2. The molecule has 0 bridgehead atoms. The lowest BCUT2D eigenvalue weighted by atomic mass is 9.49. The van der Waals surface area contributed by atoms with E-state index in [0.717, 1.165) is 23.4 Å². The number of nitriles is 1. The predicted octanol–water partition coefficient (Wildman–Crippen LogP) is 5.57. The molecule has 1 aromatic carbocycles. The Kier molecular flexibility index (Phi) is 4.73. The van der Waals surface area contributed by atoms with E-state index in [9.17, 15) is 0 Å². The Balaban J connectivity index is 1.55. The molecule has 6 heteroatoms. The maximum atomic E-state index is 9.07. The van der Waals surface area contributed by atoms with Crippen LogP contribution in [-0.2, 0) is 13.1 Å². The van der Waals surface area contributed by atoms with E-state index < -0.39 is 0 Å². The molecule has 2 aliphatic rings. The lowest BCUT2D eigenvalue weighted by Gasteiger charge is -2.65. The van der Waals surface area contributed by atoms with Gasteiger partial charge >= 0.3 is 0 Å². The highest BCUT2D eigenvalue weighted by atomic mass is 79.9. The molecule has 1 saturated carbocycles. The number of fused-ring (bicyclic) bond motifs is 1. The number of ether oxygens (including phenoxy) is 1. The van der Waals surface area contributed by atoms with Gasteiger partial charge in [-0.1, -0.05) is 45.4 Å². The second kappa shape index (κ2) is 6.73. The van der Waals surface area contributed by atoms with Gasteiger partial charge in [-0.25, -0.2) is 4.98 Å². The van der Waals surface area contributed by atoms with Gasteiger partial charge in [-0.15, -0.1) is 0 Å². The fourth-order valence-electron chi connectivity index (χ4n) is 5.58. The summed E-state index contributed by atoms with van der Waals surface area (Å²) in [6, 6.07) is 11.9. The van der Waals surface area contributed by atoms with Crippen molar-refractivity contribution in [3.8, 4) is 11.8 Å². The van der Waals surface area contributed by atoms with Crippen molar-refractivity contribution < 1.29 is 4.74 Å². The van der Waals surface area contributed by atoms with Crippen molar-refractivity contribution in [2.45, 2.75) is 52.9 Å². The van der Waals surface area contributed by atoms with Crippen molar-refractivity contribution in [1.29, 1.82) is 5.26 Å². The topological polar surface area (TPSA) is 49.1 Å². The fraction of sp³-hybridized carbons (Fsp3) is 0.455. The van der Waals surface area contributed by atoms with E-state index in [0.29, 0.717) is 22.4 Å². The van der Waals surface area contributed by atoms with Gasteiger partial charge in [0.1, 0.15) is 22.5 Å².